The van der Waals surface area contributed by atoms with E-state index in [4.69, 9.17) is 4.84 Å². The lowest BCUT2D eigenvalue weighted by Gasteiger charge is -2.34. The third kappa shape index (κ3) is 4.92. The number of hydrogen-bond donors (Lipinski definition) is 1. The minimum absolute atomic E-state index is 0.190. The lowest BCUT2D eigenvalue weighted by Crippen LogP contribution is -2.46. The standard InChI is InChI=1S/C18H26FN3O2/c19-15-5-7-16(8-6-15)20-17-4-3-10-21(14-17)18(23)9-12-22-11-1-2-13-24-22/h5-8,17,20H,1-4,9-14H2/t17-/m0/s1. The van der Waals surface area contributed by atoms with Crippen LogP contribution in [0.5, 0.6) is 0 Å². The first-order chi connectivity index (χ1) is 11.7. The molecule has 0 aliphatic carbocycles. The molecule has 1 N–H and O–H groups in total. The lowest BCUT2D eigenvalue weighted by atomic mass is 10.0. The van der Waals surface area contributed by atoms with Crippen molar-refractivity contribution < 1.29 is 14.0 Å². The summed E-state index contributed by atoms with van der Waals surface area (Å²) in [6.07, 6.45) is 4.76. The van der Waals surface area contributed by atoms with E-state index in [1.54, 1.807) is 12.1 Å². The van der Waals surface area contributed by atoms with Crippen molar-refractivity contribution in [2.75, 3.05) is 38.1 Å². The number of rotatable bonds is 5. The summed E-state index contributed by atoms with van der Waals surface area (Å²) < 4.78 is 13.0. The highest BCUT2D eigenvalue weighted by atomic mass is 19.1. The molecule has 1 atom stereocenters. The van der Waals surface area contributed by atoms with Gasteiger partial charge < -0.3 is 10.2 Å². The number of hydroxylamine groups is 2. The minimum atomic E-state index is -0.235. The van der Waals surface area contributed by atoms with Crippen molar-refractivity contribution in [3.05, 3.63) is 30.1 Å². The second-order valence-electron chi connectivity index (χ2n) is 6.55. The molecule has 1 amide bonds. The van der Waals surface area contributed by atoms with Gasteiger partial charge in [0.05, 0.1) is 6.61 Å². The van der Waals surface area contributed by atoms with E-state index in [2.05, 4.69) is 5.32 Å². The van der Waals surface area contributed by atoms with E-state index in [9.17, 15) is 9.18 Å². The number of hydrogen-bond acceptors (Lipinski definition) is 4. The highest BCUT2D eigenvalue weighted by Crippen LogP contribution is 2.17. The van der Waals surface area contributed by atoms with Crippen LogP contribution in [0, 0.1) is 5.82 Å². The van der Waals surface area contributed by atoms with Crippen LogP contribution in [0.25, 0.3) is 0 Å². The molecule has 1 aromatic carbocycles. The molecule has 2 aliphatic rings. The zero-order chi connectivity index (χ0) is 16.8. The van der Waals surface area contributed by atoms with Crippen molar-refractivity contribution in [2.24, 2.45) is 0 Å². The van der Waals surface area contributed by atoms with Gasteiger partial charge >= 0.3 is 0 Å². The van der Waals surface area contributed by atoms with Crippen LogP contribution in [0.1, 0.15) is 32.1 Å². The largest absolute Gasteiger partial charge is 0.381 e. The van der Waals surface area contributed by atoms with Crippen molar-refractivity contribution in [1.82, 2.24) is 9.96 Å². The Labute approximate surface area is 142 Å². The molecule has 0 aromatic heterocycles. The molecule has 2 fully saturated rings. The van der Waals surface area contributed by atoms with E-state index < -0.39 is 0 Å². The number of nitrogens with zero attached hydrogens (tertiary/aromatic N) is 2. The second-order valence-corrected chi connectivity index (χ2v) is 6.55. The van der Waals surface area contributed by atoms with Crippen molar-refractivity contribution in [3.8, 4) is 0 Å². The number of amides is 1. The molecule has 0 spiro atoms. The first-order valence-electron chi connectivity index (χ1n) is 8.88. The zero-order valence-electron chi connectivity index (χ0n) is 14.0. The fraction of sp³-hybridized carbons (Fsp3) is 0.611. The quantitative estimate of drug-likeness (QED) is 0.898. The predicted molar refractivity (Wildman–Crippen MR) is 91.0 cm³/mol. The molecule has 0 radical (unpaired) electrons. The normalized spacial score (nSPS) is 22.4. The van der Waals surface area contributed by atoms with Gasteiger partial charge in [-0.15, -0.1) is 0 Å². The zero-order valence-corrected chi connectivity index (χ0v) is 14.0. The van der Waals surface area contributed by atoms with Gasteiger partial charge in [0.15, 0.2) is 0 Å². The third-order valence-electron chi connectivity index (χ3n) is 4.64. The van der Waals surface area contributed by atoms with Gasteiger partial charge in [-0.25, -0.2) is 4.39 Å². The molecule has 6 heteroatoms. The van der Waals surface area contributed by atoms with Gasteiger partial charge in [0.2, 0.25) is 5.91 Å². The van der Waals surface area contributed by atoms with Gasteiger partial charge in [0.1, 0.15) is 5.82 Å². The van der Waals surface area contributed by atoms with E-state index in [1.807, 2.05) is 9.96 Å². The number of piperidine rings is 1. The molecule has 3 rings (SSSR count). The molecule has 5 nitrogen and oxygen atoms in total. The Bertz CT molecular complexity index is 532. The van der Waals surface area contributed by atoms with Crippen LogP contribution in [-0.4, -0.2) is 54.7 Å². The topological polar surface area (TPSA) is 44.8 Å². The van der Waals surface area contributed by atoms with Crippen LogP contribution < -0.4 is 5.32 Å². The maximum absolute atomic E-state index is 13.0. The van der Waals surface area contributed by atoms with Gasteiger partial charge in [-0.2, -0.15) is 5.06 Å². The highest BCUT2D eigenvalue weighted by molar-refractivity contribution is 5.76. The van der Waals surface area contributed by atoms with Crippen molar-refractivity contribution in [1.29, 1.82) is 0 Å². The summed E-state index contributed by atoms with van der Waals surface area (Å²) in [4.78, 5) is 19.9. The number of anilines is 1. The summed E-state index contributed by atoms with van der Waals surface area (Å²) in [5.41, 5.74) is 0.900. The van der Waals surface area contributed by atoms with Crippen LogP contribution in [0.15, 0.2) is 24.3 Å². The second kappa shape index (κ2) is 8.44. The SMILES string of the molecule is O=C(CCN1CCCCO1)N1CCC[C@H](Nc2ccc(F)cc2)C1. The Morgan fingerprint density at radius 2 is 2.04 bits per heavy atom. The third-order valence-corrected chi connectivity index (χ3v) is 4.64. The summed E-state index contributed by atoms with van der Waals surface area (Å²) in [6, 6.07) is 6.60. The Morgan fingerprint density at radius 3 is 2.79 bits per heavy atom. The van der Waals surface area contributed by atoms with Crippen molar-refractivity contribution in [3.63, 3.8) is 0 Å². The Hall–Kier alpha value is -1.66. The van der Waals surface area contributed by atoms with Gasteiger partial charge in [-0.3, -0.25) is 9.63 Å². The molecule has 24 heavy (non-hydrogen) atoms. The minimum Gasteiger partial charge on any atom is -0.381 e. The number of halogens is 1. The molecule has 0 unspecified atom stereocenters. The Morgan fingerprint density at radius 1 is 1.21 bits per heavy atom. The number of benzene rings is 1. The van der Waals surface area contributed by atoms with Gasteiger partial charge in [0.25, 0.3) is 0 Å². The molecular weight excluding hydrogens is 309 g/mol. The summed E-state index contributed by atoms with van der Waals surface area (Å²) >= 11 is 0. The number of nitrogens with one attached hydrogen (secondary N) is 1. The van der Waals surface area contributed by atoms with Gasteiger partial charge in [-0.1, -0.05) is 0 Å². The van der Waals surface area contributed by atoms with E-state index in [1.165, 1.54) is 12.1 Å². The maximum atomic E-state index is 13.0. The van der Waals surface area contributed by atoms with E-state index in [-0.39, 0.29) is 17.8 Å². The number of carbonyl (C=O) groups excluding carboxylic acids is 1. The van der Waals surface area contributed by atoms with Crippen LogP contribution in [0.4, 0.5) is 10.1 Å². The lowest BCUT2D eigenvalue weighted by molar-refractivity contribution is -0.182. The number of likely N-dealkylation sites (tertiary alicyclic amines) is 1. The molecule has 132 valence electrons. The van der Waals surface area contributed by atoms with Crippen LogP contribution in [-0.2, 0) is 9.63 Å². The fourth-order valence-electron chi connectivity index (χ4n) is 3.31. The average Bonchev–Trinajstić information content (AvgIpc) is 2.63. The van der Waals surface area contributed by atoms with Crippen LogP contribution in [0.3, 0.4) is 0 Å². The van der Waals surface area contributed by atoms with Crippen LogP contribution in [0.2, 0.25) is 0 Å². The van der Waals surface area contributed by atoms with Crippen molar-refractivity contribution in [2.45, 2.75) is 38.1 Å². The monoisotopic (exact) mass is 335 g/mol. The van der Waals surface area contributed by atoms with Crippen LogP contribution >= 0.6 is 0 Å². The van der Waals surface area contributed by atoms with Gasteiger partial charge in [-0.05, 0) is 49.9 Å². The van der Waals surface area contributed by atoms with E-state index in [0.29, 0.717) is 19.5 Å². The molecule has 2 heterocycles. The predicted octanol–water partition coefficient (Wildman–Crippen LogP) is 2.65. The fourth-order valence-corrected chi connectivity index (χ4v) is 3.31. The molecule has 0 bridgehead atoms. The molecular formula is C18H26FN3O2. The number of carbonyl (C=O) groups is 1. The smallest absolute Gasteiger partial charge is 0.224 e. The Kier molecular flexibility index (Phi) is 6.04. The molecule has 0 saturated carbocycles. The summed E-state index contributed by atoms with van der Waals surface area (Å²) in [5.74, 6) is -0.0456. The summed E-state index contributed by atoms with van der Waals surface area (Å²) in [6.45, 7) is 3.88. The summed E-state index contributed by atoms with van der Waals surface area (Å²) in [5, 5.41) is 5.32. The highest BCUT2D eigenvalue weighted by Gasteiger charge is 2.24. The average molecular weight is 335 g/mol. The summed E-state index contributed by atoms with van der Waals surface area (Å²) in [7, 11) is 0. The van der Waals surface area contributed by atoms with Gasteiger partial charge in [0, 0.05) is 44.3 Å². The molecule has 2 saturated heterocycles. The molecule has 1 aromatic rings. The molecule has 2 aliphatic heterocycles. The van der Waals surface area contributed by atoms with E-state index in [0.717, 1.165) is 51.1 Å². The first-order valence-corrected chi connectivity index (χ1v) is 8.88. The van der Waals surface area contributed by atoms with E-state index >= 15 is 0 Å². The first kappa shape index (κ1) is 17.2. The van der Waals surface area contributed by atoms with Crippen molar-refractivity contribution >= 4 is 11.6 Å². The Balaban J connectivity index is 1.45. The maximum Gasteiger partial charge on any atom is 0.224 e.